The highest BCUT2D eigenvalue weighted by molar-refractivity contribution is 7.20. The predicted molar refractivity (Wildman–Crippen MR) is 86.6 cm³/mol. The standard InChI is InChI=1S/C15H23Cl2NS/c1-3-9-18-13(11-10-12(16)19-14(11)17)15(4-2)7-5-6-8-15/h10,13,18H,3-9H2,1-2H3. The fraction of sp³-hybridized carbons (Fsp3) is 0.733. The summed E-state index contributed by atoms with van der Waals surface area (Å²) in [4.78, 5) is 0. The smallest absolute Gasteiger partial charge is 0.0992 e. The van der Waals surface area contributed by atoms with Gasteiger partial charge in [-0.05, 0) is 43.7 Å². The Hall–Kier alpha value is 0.240. The number of halogens is 2. The Balaban J connectivity index is 2.32. The van der Waals surface area contributed by atoms with Crippen molar-refractivity contribution in [1.29, 1.82) is 0 Å². The van der Waals surface area contributed by atoms with E-state index in [0.717, 1.165) is 21.6 Å². The lowest BCUT2D eigenvalue weighted by Gasteiger charge is -2.38. The minimum Gasteiger partial charge on any atom is -0.309 e. The number of thiophene rings is 1. The molecule has 0 bridgehead atoms. The first-order valence-corrected chi connectivity index (χ1v) is 8.88. The van der Waals surface area contributed by atoms with Crippen molar-refractivity contribution in [2.45, 2.75) is 58.4 Å². The van der Waals surface area contributed by atoms with Crippen LogP contribution in [0.2, 0.25) is 8.67 Å². The van der Waals surface area contributed by atoms with Gasteiger partial charge >= 0.3 is 0 Å². The van der Waals surface area contributed by atoms with Crippen LogP contribution in [0.4, 0.5) is 0 Å². The molecule has 1 atom stereocenters. The van der Waals surface area contributed by atoms with Gasteiger partial charge in [0.15, 0.2) is 0 Å². The molecule has 0 aliphatic heterocycles. The third-order valence-electron chi connectivity index (χ3n) is 4.51. The fourth-order valence-electron chi connectivity index (χ4n) is 3.42. The molecule has 1 fully saturated rings. The van der Waals surface area contributed by atoms with Crippen LogP contribution in [0, 0.1) is 5.41 Å². The third kappa shape index (κ3) is 3.29. The van der Waals surface area contributed by atoms with Gasteiger partial charge in [-0.15, -0.1) is 11.3 Å². The molecule has 1 N–H and O–H groups in total. The Bertz CT molecular complexity index is 410. The van der Waals surface area contributed by atoms with Gasteiger partial charge in [0.1, 0.15) is 0 Å². The lowest BCUT2D eigenvalue weighted by atomic mass is 9.74. The van der Waals surface area contributed by atoms with E-state index in [-0.39, 0.29) is 0 Å². The molecule has 1 aromatic rings. The maximum atomic E-state index is 6.41. The molecule has 19 heavy (non-hydrogen) atoms. The molecule has 0 radical (unpaired) electrons. The predicted octanol–water partition coefficient (Wildman–Crippen LogP) is 6.07. The molecular weight excluding hydrogens is 297 g/mol. The molecule has 0 aromatic carbocycles. The summed E-state index contributed by atoms with van der Waals surface area (Å²) in [5, 5.41) is 3.74. The van der Waals surface area contributed by atoms with Crippen LogP contribution >= 0.6 is 34.5 Å². The molecule has 0 spiro atoms. The molecule has 2 rings (SSSR count). The molecule has 4 heteroatoms. The number of rotatable bonds is 6. The van der Waals surface area contributed by atoms with Crippen LogP contribution in [-0.2, 0) is 0 Å². The van der Waals surface area contributed by atoms with Gasteiger partial charge in [-0.2, -0.15) is 0 Å². The van der Waals surface area contributed by atoms with Crippen molar-refractivity contribution in [3.63, 3.8) is 0 Å². The Morgan fingerprint density at radius 2 is 2.00 bits per heavy atom. The molecule has 0 amide bonds. The SMILES string of the molecule is CCCNC(c1cc(Cl)sc1Cl)C1(CC)CCCC1. The van der Waals surface area contributed by atoms with Crippen LogP contribution < -0.4 is 5.32 Å². The van der Waals surface area contributed by atoms with Crippen LogP contribution in [0.3, 0.4) is 0 Å². The minimum absolute atomic E-state index is 0.358. The molecule has 1 aliphatic carbocycles. The molecule has 1 saturated carbocycles. The largest absolute Gasteiger partial charge is 0.309 e. The average molecular weight is 320 g/mol. The topological polar surface area (TPSA) is 12.0 Å². The van der Waals surface area contributed by atoms with Crippen LogP contribution in [-0.4, -0.2) is 6.54 Å². The average Bonchev–Trinajstić information content (AvgIpc) is 2.98. The van der Waals surface area contributed by atoms with Crippen molar-refractivity contribution in [3.05, 3.63) is 20.3 Å². The summed E-state index contributed by atoms with van der Waals surface area (Å²) in [6.45, 7) is 5.56. The summed E-state index contributed by atoms with van der Waals surface area (Å²) in [5.41, 5.74) is 1.58. The van der Waals surface area contributed by atoms with Crippen molar-refractivity contribution >= 4 is 34.5 Å². The van der Waals surface area contributed by atoms with E-state index in [2.05, 4.69) is 25.2 Å². The normalized spacial score (nSPS) is 19.8. The molecule has 1 aromatic heterocycles. The zero-order valence-corrected chi connectivity index (χ0v) is 14.1. The van der Waals surface area contributed by atoms with E-state index < -0.39 is 0 Å². The first-order chi connectivity index (χ1) is 9.13. The molecule has 0 saturated heterocycles. The highest BCUT2D eigenvalue weighted by atomic mass is 35.5. The van der Waals surface area contributed by atoms with E-state index in [1.807, 2.05) is 0 Å². The van der Waals surface area contributed by atoms with Crippen molar-refractivity contribution in [3.8, 4) is 0 Å². The van der Waals surface area contributed by atoms with E-state index in [0.29, 0.717) is 11.5 Å². The Morgan fingerprint density at radius 1 is 1.32 bits per heavy atom. The van der Waals surface area contributed by atoms with Crippen molar-refractivity contribution in [1.82, 2.24) is 5.32 Å². The van der Waals surface area contributed by atoms with Gasteiger partial charge in [-0.25, -0.2) is 0 Å². The van der Waals surface area contributed by atoms with E-state index in [1.54, 1.807) is 0 Å². The Morgan fingerprint density at radius 3 is 2.47 bits per heavy atom. The Labute approximate surface area is 130 Å². The second kappa shape index (κ2) is 6.80. The lowest BCUT2D eigenvalue weighted by molar-refractivity contribution is 0.187. The summed E-state index contributed by atoms with van der Waals surface area (Å²) < 4.78 is 1.66. The summed E-state index contributed by atoms with van der Waals surface area (Å²) in [6.07, 6.45) is 7.63. The van der Waals surface area contributed by atoms with Gasteiger partial charge in [0, 0.05) is 11.6 Å². The third-order valence-corrected chi connectivity index (χ3v) is 6.03. The van der Waals surface area contributed by atoms with E-state index in [4.69, 9.17) is 23.2 Å². The van der Waals surface area contributed by atoms with Crippen molar-refractivity contribution in [2.75, 3.05) is 6.54 Å². The highest BCUT2D eigenvalue weighted by Gasteiger charge is 2.41. The van der Waals surface area contributed by atoms with Gasteiger partial charge < -0.3 is 5.32 Å². The van der Waals surface area contributed by atoms with Gasteiger partial charge in [0.2, 0.25) is 0 Å². The first kappa shape index (κ1) is 15.6. The van der Waals surface area contributed by atoms with E-state index in [9.17, 15) is 0 Å². The van der Waals surface area contributed by atoms with Gasteiger partial charge in [-0.1, -0.05) is 49.9 Å². The number of hydrogen-bond acceptors (Lipinski definition) is 2. The van der Waals surface area contributed by atoms with Gasteiger partial charge in [-0.3, -0.25) is 0 Å². The maximum Gasteiger partial charge on any atom is 0.0992 e. The fourth-order valence-corrected chi connectivity index (χ4v) is 4.95. The highest BCUT2D eigenvalue weighted by Crippen LogP contribution is 2.52. The van der Waals surface area contributed by atoms with Crippen molar-refractivity contribution in [2.24, 2.45) is 5.41 Å². The molecule has 1 aliphatic rings. The minimum atomic E-state index is 0.358. The second-order valence-electron chi connectivity index (χ2n) is 5.59. The first-order valence-electron chi connectivity index (χ1n) is 7.31. The molecule has 108 valence electrons. The second-order valence-corrected chi connectivity index (χ2v) is 7.88. The van der Waals surface area contributed by atoms with Gasteiger partial charge in [0.05, 0.1) is 8.67 Å². The van der Waals surface area contributed by atoms with E-state index in [1.165, 1.54) is 49.0 Å². The van der Waals surface area contributed by atoms with Gasteiger partial charge in [0.25, 0.3) is 0 Å². The zero-order chi connectivity index (χ0) is 13.9. The maximum absolute atomic E-state index is 6.41. The van der Waals surface area contributed by atoms with Crippen LogP contribution in [0.5, 0.6) is 0 Å². The number of nitrogens with one attached hydrogen (secondary N) is 1. The molecule has 1 unspecified atom stereocenters. The summed E-state index contributed by atoms with van der Waals surface area (Å²) >= 11 is 14.0. The lowest BCUT2D eigenvalue weighted by Crippen LogP contribution is -2.36. The molecule has 1 nitrogen and oxygen atoms in total. The summed E-state index contributed by atoms with van der Waals surface area (Å²) in [6, 6.07) is 2.42. The van der Waals surface area contributed by atoms with Crippen LogP contribution in [0.15, 0.2) is 6.07 Å². The monoisotopic (exact) mass is 319 g/mol. The van der Waals surface area contributed by atoms with E-state index >= 15 is 0 Å². The quantitative estimate of drug-likeness (QED) is 0.671. The Kier molecular flexibility index (Phi) is 5.59. The van der Waals surface area contributed by atoms with Crippen LogP contribution in [0.1, 0.15) is 64.0 Å². The van der Waals surface area contributed by atoms with Crippen molar-refractivity contribution < 1.29 is 0 Å². The molecule has 1 heterocycles. The number of hydrogen-bond donors (Lipinski definition) is 1. The zero-order valence-electron chi connectivity index (χ0n) is 11.8. The van der Waals surface area contributed by atoms with Crippen LogP contribution in [0.25, 0.3) is 0 Å². The summed E-state index contributed by atoms with van der Waals surface area (Å²) in [5.74, 6) is 0. The summed E-state index contributed by atoms with van der Waals surface area (Å²) in [7, 11) is 0. The molecular formula is C15H23Cl2NS.